The monoisotopic (exact) mass is 301 g/mol. The van der Waals surface area contributed by atoms with Crippen molar-refractivity contribution in [2.45, 2.75) is 6.18 Å². The molecule has 2 aromatic rings. The summed E-state index contributed by atoms with van der Waals surface area (Å²) in [6.07, 6.45) is -0.775. The van der Waals surface area contributed by atoms with Crippen molar-refractivity contribution < 1.29 is 18.0 Å². The molecule has 0 amide bonds. The van der Waals surface area contributed by atoms with Gasteiger partial charge in [0.05, 0.1) is 17.2 Å². The van der Waals surface area contributed by atoms with E-state index >= 15 is 0 Å². The Morgan fingerprint density at radius 1 is 1.00 bits per heavy atom. The van der Waals surface area contributed by atoms with Gasteiger partial charge in [0, 0.05) is 5.56 Å². The molecule has 0 aromatic heterocycles. The van der Waals surface area contributed by atoms with Crippen molar-refractivity contribution in [3.05, 3.63) is 70.3 Å². The highest BCUT2D eigenvalue weighted by atomic mass is 19.4. The zero-order chi connectivity index (χ0) is 16.2. The molecular weight excluding hydrogens is 291 g/mol. The third kappa shape index (κ3) is 3.61. The van der Waals surface area contributed by atoms with Gasteiger partial charge in [0.15, 0.2) is 0 Å². The normalized spacial score (nSPS) is 11.4. The van der Waals surface area contributed by atoms with E-state index in [0.717, 1.165) is 12.1 Å². The lowest BCUT2D eigenvalue weighted by Gasteiger charge is -2.06. The molecule has 0 aliphatic rings. The van der Waals surface area contributed by atoms with Crippen LogP contribution in [0.3, 0.4) is 0 Å². The van der Waals surface area contributed by atoms with Crippen LogP contribution in [0.1, 0.15) is 32.6 Å². The number of nitrogens with zero attached hydrogens (tertiary/aromatic N) is 1. The average Bonchev–Trinajstić information content (AvgIpc) is 2.52. The second-order valence-corrected chi connectivity index (χ2v) is 4.53. The van der Waals surface area contributed by atoms with E-state index in [4.69, 9.17) is 5.26 Å². The zero-order valence-corrected chi connectivity index (χ0v) is 11.3. The summed E-state index contributed by atoms with van der Waals surface area (Å²) < 4.78 is 37.9. The van der Waals surface area contributed by atoms with Crippen molar-refractivity contribution in [3.8, 4) is 6.07 Å². The third-order valence-electron chi connectivity index (χ3n) is 3.00. The largest absolute Gasteiger partial charge is 0.416 e. The summed E-state index contributed by atoms with van der Waals surface area (Å²) in [6, 6.07) is 11.3. The Kier molecular flexibility index (Phi) is 4.42. The summed E-state index contributed by atoms with van der Waals surface area (Å²) in [5.41, 5.74) is 0.827. The first-order chi connectivity index (χ1) is 10.4. The van der Waals surface area contributed by atoms with Crippen LogP contribution in [-0.4, -0.2) is 6.29 Å². The molecule has 2 rings (SSSR count). The Bertz CT molecular complexity index is 770. The molecule has 0 heterocycles. The van der Waals surface area contributed by atoms with Gasteiger partial charge in [-0.1, -0.05) is 30.4 Å². The molecule has 0 fully saturated rings. The van der Waals surface area contributed by atoms with Gasteiger partial charge in [-0.15, -0.1) is 0 Å². The van der Waals surface area contributed by atoms with E-state index < -0.39 is 11.7 Å². The SMILES string of the molecule is N#Cc1ccc(C=O)cc1C=Cc1cccc(C(F)(F)F)c1. The standard InChI is InChI=1S/C17H10F3NO/c18-17(19,20)16-3-1-2-12(9-16)4-6-14-8-13(11-22)5-7-15(14)10-21/h1-9,11H. The minimum atomic E-state index is -4.40. The molecule has 0 saturated carbocycles. The van der Waals surface area contributed by atoms with E-state index in [-0.39, 0.29) is 0 Å². The van der Waals surface area contributed by atoms with Crippen LogP contribution in [0.15, 0.2) is 42.5 Å². The molecule has 2 aromatic carbocycles. The smallest absolute Gasteiger partial charge is 0.298 e. The molecule has 0 saturated heterocycles. The fraction of sp³-hybridized carbons (Fsp3) is 0.0588. The molecular formula is C17H10F3NO. The quantitative estimate of drug-likeness (QED) is 0.616. The van der Waals surface area contributed by atoms with Crippen molar-refractivity contribution in [2.75, 3.05) is 0 Å². The predicted octanol–water partition coefficient (Wildman–Crippen LogP) is 4.56. The lowest BCUT2D eigenvalue weighted by atomic mass is 10.0. The first-order valence-corrected chi connectivity index (χ1v) is 6.29. The first-order valence-electron chi connectivity index (χ1n) is 6.29. The van der Waals surface area contributed by atoms with Gasteiger partial charge in [-0.3, -0.25) is 4.79 Å². The summed E-state index contributed by atoms with van der Waals surface area (Å²) in [5.74, 6) is 0. The molecule has 0 radical (unpaired) electrons. The number of hydrogen-bond donors (Lipinski definition) is 0. The minimum absolute atomic E-state index is 0.342. The van der Waals surface area contributed by atoms with Crippen LogP contribution in [0.25, 0.3) is 12.2 Å². The number of rotatable bonds is 3. The summed E-state index contributed by atoms with van der Waals surface area (Å²) in [7, 11) is 0. The van der Waals surface area contributed by atoms with E-state index in [2.05, 4.69) is 0 Å². The maximum Gasteiger partial charge on any atom is 0.416 e. The highest BCUT2D eigenvalue weighted by molar-refractivity contribution is 5.80. The third-order valence-corrected chi connectivity index (χ3v) is 3.00. The molecule has 0 N–H and O–H groups in total. The number of benzene rings is 2. The highest BCUT2D eigenvalue weighted by Crippen LogP contribution is 2.30. The van der Waals surface area contributed by atoms with Gasteiger partial charge in [0.2, 0.25) is 0 Å². The minimum Gasteiger partial charge on any atom is -0.298 e. The van der Waals surface area contributed by atoms with Gasteiger partial charge in [0.1, 0.15) is 6.29 Å². The molecule has 0 bridgehead atoms. The highest BCUT2D eigenvalue weighted by Gasteiger charge is 2.30. The van der Waals surface area contributed by atoms with Gasteiger partial charge in [-0.2, -0.15) is 18.4 Å². The average molecular weight is 301 g/mol. The van der Waals surface area contributed by atoms with Gasteiger partial charge in [-0.25, -0.2) is 0 Å². The number of carbonyl (C=O) groups excluding carboxylic acids is 1. The first kappa shape index (κ1) is 15.5. The summed E-state index contributed by atoms with van der Waals surface area (Å²) in [5, 5.41) is 9.01. The van der Waals surface area contributed by atoms with Crippen molar-refractivity contribution in [1.82, 2.24) is 0 Å². The topological polar surface area (TPSA) is 40.9 Å². The second-order valence-electron chi connectivity index (χ2n) is 4.53. The van der Waals surface area contributed by atoms with Gasteiger partial charge in [0.25, 0.3) is 0 Å². The molecule has 2 nitrogen and oxygen atoms in total. The van der Waals surface area contributed by atoms with Crippen LogP contribution in [0, 0.1) is 11.3 Å². The fourth-order valence-electron chi connectivity index (χ4n) is 1.90. The van der Waals surface area contributed by atoms with Crippen molar-refractivity contribution in [3.63, 3.8) is 0 Å². The molecule has 0 atom stereocenters. The number of hydrogen-bond acceptors (Lipinski definition) is 2. The van der Waals surface area contributed by atoms with E-state index in [1.165, 1.54) is 42.5 Å². The molecule has 0 aliphatic carbocycles. The maximum absolute atomic E-state index is 12.6. The Labute approximate surface area is 125 Å². The lowest BCUT2D eigenvalue weighted by molar-refractivity contribution is -0.137. The Morgan fingerprint density at radius 3 is 2.41 bits per heavy atom. The number of halogens is 3. The lowest BCUT2D eigenvalue weighted by Crippen LogP contribution is -2.04. The molecule has 0 unspecified atom stereocenters. The zero-order valence-electron chi connectivity index (χ0n) is 11.3. The number of nitriles is 1. The predicted molar refractivity (Wildman–Crippen MR) is 76.9 cm³/mol. The van der Waals surface area contributed by atoms with Crippen LogP contribution in [0.4, 0.5) is 13.2 Å². The Morgan fingerprint density at radius 2 is 1.77 bits per heavy atom. The van der Waals surface area contributed by atoms with E-state index in [0.29, 0.717) is 28.5 Å². The van der Waals surface area contributed by atoms with Gasteiger partial charge in [-0.05, 0) is 35.4 Å². The molecule has 0 spiro atoms. The van der Waals surface area contributed by atoms with Crippen LogP contribution in [0.2, 0.25) is 0 Å². The number of carbonyl (C=O) groups is 1. The van der Waals surface area contributed by atoms with Crippen LogP contribution in [0.5, 0.6) is 0 Å². The molecule has 0 aliphatic heterocycles. The summed E-state index contributed by atoms with van der Waals surface area (Å²) >= 11 is 0. The van der Waals surface area contributed by atoms with E-state index in [1.54, 1.807) is 0 Å². The van der Waals surface area contributed by atoms with Gasteiger partial charge < -0.3 is 0 Å². The maximum atomic E-state index is 12.6. The Hall–Kier alpha value is -2.87. The van der Waals surface area contributed by atoms with Crippen LogP contribution in [-0.2, 0) is 6.18 Å². The van der Waals surface area contributed by atoms with Crippen molar-refractivity contribution in [2.24, 2.45) is 0 Å². The van der Waals surface area contributed by atoms with Crippen molar-refractivity contribution in [1.29, 1.82) is 5.26 Å². The second kappa shape index (κ2) is 6.27. The number of aldehydes is 1. The summed E-state index contributed by atoms with van der Waals surface area (Å²) in [6.45, 7) is 0. The van der Waals surface area contributed by atoms with E-state index in [1.807, 2.05) is 6.07 Å². The fourth-order valence-corrected chi connectivity index (χ4v) is 1.90. The number of alkyl halides is 3. The molecule has 22 heavy (non-hydrogen) atoms. The van der Waals surface area contributed by atoms with Crippen LogP contribution < -0.4 is 0 Å². The van der Waals surface area contributed by atoms with Crippen molar-refractivity contribution >= 4 is 18.4 Å². The molecule has 110 valence electrons. The summed E-state index contributed by atoms with van der Waals surface area (Å²) in [4.78, 5) is 10.8. The molecule has 5 heteroatoms. The van der Waals surface area contributed by atoms with E-state index in [9.17, 15) is 18.0 Å². The Balaban J connectivity index is 2.37. The van der Waals surface area contributed by atoms with Crippen LogP contribution >= 0.6 is 0 Å². The van der Waals surface area contributed by atoms with Gasteiger partial charge >= 0.3 is 6.18 Å².